The van der Waals surface area contributed by atoms with E-state index >= 15 is 0 Å². The van der Waals surface area contributed by atoms with Crippen LogP contribution in [0.3, 0.4) is 0 Å². The first-order valence-corrected chi connectivity index (χ1v) is 11.6. The second-order valence-electron chi connectivity index (χ2n) is 8.88. The van der Waals surface area contributed by atoms with Crippen LogP contribution in [-0.4, -0.2) is 22.6 Å². The number of fused-ring (bicyclic) bond motifs is 3. The number of nitrogens with one attached hydrogen (secondary N) is 2. The Morgan fingerprint density at radius 3 is 2.37 bits per heavy atom. The maximum atomic E-state index is 14.1. The van der Waals surface area contributed by atoms with Crippen molar-refractivity contribution in [3.05, 3.63) is 97.5 Å². The number of hydrogen-bond donors (Lipinski definition) is 2. The standard InChI is InChI=1S/C25H12ClF8N3O4/c26-14-2-1-11(27)6-13(14)19-17-15(35-21(38)9-3-10(25(32,33)34)5-12(28)4-9)7-16-20(18(17)22(39)36-19)41-23(40)37(16)8-24(29,30)31/h1-7,19H,8H2,(H,35,38)(H,36,39)/t19-/m1/s1. The number of amides is 2. The maximum absolute atomic E-state index is 14.1. The first-order chi connectivity index (χ1) is 19.0. The van der Waals surface area contributed by atoms with Gasteiger partial charge in [-0.05, 0) is 42.5 Å². The van der Waals surface area contributed by atoms with Crippen molar-refractivity contribution >= 4 is 40.2 Å². The molecule has 2 heterocycles. The van der Waals surface area contributed by atoms with Crippen LogP contribution in [0, 0.1) is 11.6 Å². The fourth-order valence-corrected chi connectivity index (χ4v) is 4.72. The fraction of sp³-hybridized carbons (Fsp3) is 0.160. The first-order valence-electron chi connectivity index (χ1n) is 11.3. The first kappa shape index (κ1) is 28.1. The Balaban J connectivity index is 1.74. The average Bonchev–Trinajstić information content (AvgIpc) is 3.35. The predicted octanol–water partition coefficient (Wildman–Crippen LogP) is 6.19. The lowest BCUT2D eigenvalue weighted by atomic mass is 9.95. The Hall–Kier alpha value is -4.40. The number of halogens is 9. The molecule has 0 fully saturated rings. The van der Waals surface area contributed by atoms with Crippen molar-refractivity contribution < 1.29 is 49.1 Å². The van der Waals surface area contributed by atoms with E-state index in [0.29, 0.717) is 12.1 Å². The van der Waals surface area contributed by atoms with Crippen LogP contribution in [0.4, 0.5) is 40.8 Å². The minimum atomic E-state index is -5.03. The van der Waals surface area contributed by atoms with Crippen molar-refractivity contribution in [1.29, 1.82) is 0 Å². The molecular weight excluding hydrogens is 594 g/mol. The quantitative estimate of drug-likeness (QED) is 0.271. The smallest absolute Gasteiger partial charge is 0.407 e. The lowest BCUT2D eigenvalue weighted by Gasteiger charge is -2.18. The van der Waals surface area contributed by atoms with Gasteiger partial charge in [-0.25, -0.2) is 13.6 Å². The van der Waals surface area contributed by atoms with Gasteiger partial charge >= 0.3 is 18.1 Å². The van der Waals surface area contributed by atoms with E-state index in [0.717, 1.165) is 24.3 Å². The number of carbonyl (C=O) groups excluding carboxylic acids is 2. The number of carbonyl (C=O) groups is 2. The Bertz CT molecular complexity index is 1810. The minimum Gasteiger partial charge on any atom is -0.407 e. The molecule has 0 aliphatic carbocycles. The lowest BCUT2D eigenvalue weighted by molar-refractivity contribution is -0.141. The van der Waals surface area contributed by atoms with Crippen LogP contribution in [-0.2, 0) is 12.7 Å². The van der Waals surface area contributed by atoms with Gasteiger partial charge in [0.05, 0.1) is 22.7 Å². The third-order valence-corrected chi connectivity index (χ3v) is 6.48. The zero-order chi connectivity index (χ0) is 30.0. The molecule has 1 aliphatic rings. The molecule has 0 saturated heterocycles. The molecule has 0 bridgehead atoms. The van der Waals surface area contributed by atoms with E-state index in [1.807, 2.05) is 0 Å². The molecule has 214 valence electrons. The van der Waals surface area contributed by atoms with Gasteiger partial charge in [0.1, 0.15) is 18.2 Å². The number of rotatable bonds is 4. The number of nitrogens with zero attached hydrogens (tertiary/aromatic N) is 1. The predicted molar refractivity (Wildman–Crippen MR) is 127 cm³/mol. The van der Waals surface area contributed by atoms with Crippen LogP contribution < -0.4 is 16.4 Å². The summed E-state index contributed by atoms with van der Waals surface area (Å²) in [6, 6.07) is 3.47. The summed E-state index contributed by atoms with van der Waals surface area (Å²) in [6.45, 7) is -1.86. The average molecular weight is 606 g/mol. The summed E-state index contributed by atoms with van der Waals surface area (Å²) >= 11 is 6.19. The molecule has 0 unspecified atom stereocenters. The highest BCUT2D eigenvalue weighted by atomic mass is 35.5. The van der Waals surface area contributed by atoms with Crippen LogP contribution in [0.15, 0.2) is 51.7 Å². The summed E-state index contributed by atoms with van der Waals surface area (Å²) in [5.41, 5.74) is -4.85. The third kappa shape index (κ3) is 5.24. The molecule has 3 aromatic carbocycles. The van der Waals surface area contributed by atoms with Gasteiger partial charge in [-0.2, -0.15) is 26.3 Å². The van der Waals surface area contributed by atoms with Crippen molar-refractivity contribution in [1.82, 2.24) is 9.88 Å². The number of alkyl halides is 6. The zero-order valence-electron chi connectivity index (χ0n) is 19.8. The lowest BCUT2D eigenvalue weighted by Crippen LogP contribution is -2.25. The molecule has 1 aliphatic heterocycles. The molecule has 0 saturated carbocycles. The van der Waals surface area contributed by atoms with Crippen molar-refractivity contribution in [2.24, 2.45) is 0 Å². The number of anilines is 1. The minimum absolute atomic E-state index is 0.0733. The van der Waals surface area contributed by atoms with Crippen molar-refractivity contribution in [2.45, 2.75) is 24.9 Å². The number of benzene rings is 3. The summed E-state index contributed by atoms with van der Waals surface area (Å²) in [6.07, 6.45) is -9.96. The van der Waals surface area contributed by atoms with Crippen LogP contribution in [0.25, 0.3) is 11.1 Å². The van der Waals surface area contributed by atoms with Gasteiger partial charge in [0, 0.05) is 27.4 Å². The Morgan fingerprint density at radius 2 is 1.71 bits per heavy atom. The van der Waals surface area contributed by atoms with Crippen LogP contribution >= 0.6 is 11.6 Å². The number of aromatic nitrogens is 1. The van der Waals surface area contributed by atoms with Gasteiger partial charge < -0.3 is 15.1 Å². The van der Waals surface area contributed by atoms with Crippen molar-refractivity contribution in [3.63, 3.8) is 0 Å². The summed E-state index contributed by atoms with van der Waals surface area (Å²) in [7, 11) is 0. The molecule has 2 amide bonds. The van der Waals surface area contributed by atoms with Crippen LogP contribution in [0.1, 0.15) is 43.4 Å². The van der Waals surface area contributed by atoms with Gasteiger partial charge in [0.25, 0.3) is 11.8 Å². The van der Waals surface area contributed by atoms with E-state index in [1.54, 1.807) is 0 Å². The molecule has 4 aromatic rings. The second kappa shape index (κ2) is 9.61. The molecule has 0 radical (unpaired) electrons. The van der Waals surface area contributed by atoms with E-state index in [9.17, 15) is 49.5 Å². The summed E-state index contributed by atoms with van der Waals surface area (Å²) < 4.78 is 112. The Labute approximate surface area is 227 Å². The van der Waals surface area contributed by atoms with Crippen molar-refractivity contribution in [3.8, 4) is 0 Å². The highest BCUT2D eigenvalue weighted by Gasteiger charge is 2.40. The van der Waals surface area contributed by atoms with Gasteiger partial charge in [-0.1, -0.05) is 11.6 Å². The summed E-state index contributed by atoms with van der Waals surface area (Å²) in [4.78, 5) is 38.4. The van der Waals surface area contributed by atoms with Crippen LogP contribution in [0.5, 0.6) is 0 Å². The van der Waals surface area contributed by atoms with Crippen molar-refractivity contribution in [2.75, 3.05) is 5.32 Å². The van der Waals surface area contributed by atoms with E-state index in [-0.39, 0.29) is 26.8 Å². The molecular formula is C25H12ClF8N3O4. The molecule has 16 heteroatoms. The fourth-order valence-electron chi connectivity index (χ4n) is 4.49. The van der Waals surface area contributed by atoms with Gasteiger partial charge in [-0.3, -0.25) is 14.2 Å². The normalized spacial score (nSPS) is 15.2. The molecule has 1 aromatic heterocycles. The number of oxazole rings is 1. The van der Waals surface area contributed by atoms with Gasteiger partial charge in [0.2, 0.25) is 0 Å². The SMILES string of the molecule is O=C(Nc1cc2c(oc(=O)n2CC(F)(F)F)c2c1[C@@H](c1cc(F)ccc1Cl)NC2=O)c1cc(F)cc(C(F)(F)F)c1. The summed E-state index contributed by atoms with van der Waals surface area (Å²) in [5.74, 6) is -6.09. The molecule has 0 spiro atoms. The number of hydrogen-bond acceptors (Lipinski definition) is 4. The van der Waals surface area contributed by atoms with E-state index in [4.69, 9.17) is 16.0 Å². The topological polar surface area (TPSA) is 93.3 Å². The monoisotopic (exact) mass is 605 g/mol. The molecule has 41 heavy (non-hydrogen) atoms. The Kier molecular flexibility index (Phi) is 6.59. The molecule has 5 rings (SSSR count). The maximum Gasteiger partial charge on any atom is 0.420 e. The highest BCUT2D eigenvalue weighted by Crippen LogP contribution is 2.43. The third-order valence-electron chi connectivity index (χ3n) is 6.13. The summed E-state index contributed by atoms with van der Waals surface area (Å²) in [5, 5.41) is 4.51. The molecule has 2 N–H and O–H groups in total. The molecule has 1 atom stereocenters. The second-order valence-corrected chi connectivity index (χ2v) is 9.29. The van der Waals surface area contributed by atoms with E-state index in [2.05, 4.69) is 10.6 Å². The van der Waals surface area contributed by atoms with E-state index in [1.165, 1.54) is 0 Å². The zero-order valence-corrected chi connectivity index (χ0v) is 20.6. The van der Waals surface area contributed by atoms with Gasteiger partial charge in [-0.15, -0.1) is 0 Å². The van der Waals surface area contributed by atoms with Crippen LogP contribution in [0.2, 0.25) is 5.02 Å². The highest BCUT2D eigenvalue weighted by molar-refractivity contribution is 6.31. The Morgan fingerprint density at radius 1 is 1.00 bits per heavy atom. The van der Waals surface area contributed by atoms with Gasteiger partial charge in [0.15, 0.2) is 5.58 Å². The molecule has 7 nitrogen and oxygen atoms in total. The largest absolute Gasteiger partial charge is 0.420 e. The van der Waals surface area contributed by atoms with E-state index < -0.39 is 87.6 Å².